The maximum absolute atomic E-state index is 9.22. The van der Waals surface area contributed by atoms with Crippen LogP contribution < -0.4 is 28.4 Å². The number of para-hydroxylation sites is 1. The van der Waals surface area contributed by atoms with Crippen molar-refractivity contribution < 1.29 is 48.8 Å². The Kier molecular flexibility index (Phi) is 15.1. The number of ether oxygens (including phenoxy) is 6. The van der Waals surface area contributed by atoms with Crippen molar-refractivity contribution in [1.29, 1.82) is 0 Å². The van der Waals surface area contributed by atoms with Crippen molar-refractivity contribution in [3.8, 4) is 57.5 Å². The summed E-state index contributed by atoms with van der Waals surface area (Å²) >= 11 is 0. The summed E-state index contributed by atoms with van der Waals surface area (Å²) in [6.07, 6.45) is 0. The second-order valence-corrected chi connectivity index (χ2v) is 7.99. The van der Waals surface area contributed by atoms with Gasteiger partial charge in [0.25, 0.3) is 0 Å². The van der Waals surface area contributed by atoms with Crippen LogP contribution in [0.5, 0.6) is 57.5 Å². The molecule has 10 heteroatoms. The molecule has 0 spiro atoms. The standard InChI is InChI=1S/2C8H10O3.C8H10O2.C7H8O2/c1-10-7-3-6(9)4-8(5-7)11-2;1-10-7-5-3-4-6(9)8(7)11-2;1-6-3-7(9)5-8(4-6)10-2;1-9-7-4-2-3-6(8)5-7/h2*3-5,9H,1-2H3;3-5,9H,1-2H3;2-5,8H,1H3. The third-order valence-electron chi connectivity index (χ3n) is 5.04. The first-order valence-corrected chi connectivity index (χ1v) is 12.1. The topological polar surface area (TPSA) is 136 Å². The zero-order valence-corrected chi connectivity index (χ0v) is 24.2. The summed E-state index contributed by atoms with van der Waals surface area (Å²) in [6, 6.07) is 21.5. The Morgan fingerprint density at radius 1 is 0.439 bits per heavy atom. The number of aromatic hydroxyl groups is 4. The summed E-state index contributed by atoms with van der Waals surface area (Å²) in [4.78, 5) is 0. The van der Waals surface area contributed by atoms with Crippen molar-refractivity contribution in [2.75, 3.05) is 42.7 Å². The van der Waals surface area contributed by atoms with Gasteiger partial charge in [-0.3, -0.25) is 0 Å². The van der Waals surface area contributed by atoms with E-state index in [0.29, 0.717) is 34.5 Å². The van der Waals surface area contributed by atoms with Gasteiger partial charge < -0.3 is 48.8 Å². The minimum absolute atomic E-state index is 0.0897. The number of phenolic OH excluding ortho intramolecular Hbond substituents is 4. The van der Waals surface area contributed by atoms with Gasteiger partial charge in [-0.25, -0.2) is 0 Å². The van der Waals surface area contributed by atoms with Crippen molar-refractivity contribution in [3.05, 3.63) is 84.4 Å². The predicted octanol–water partition coefficient (Wildman–Crippen LogP) is 5.93. The van der Waals surface area contributed by atoms with E-state index >= 15 is 0 Å². The number of methoxy groups -OCH3 is 6. The second kappa shape index (κ2) is 18.2. The Balaban J connectivity index is 0.000000274. The SMILES string of the molecule is COc1cc(C)cc(O)c1.COc1cc(O)cc(OC)c1.COc1cccc(O)c1.COc1cccc(O)c1OC. The fourth-order valence-corrected chi connectivity index (χ4v) is 3.12. The lowest BCUT2D eigenvalue weighted by atomic mass is 10.2. The fourth-order valence-electron chi connectivity index (χ4n) is 3.12. The summed E-state index contributed by atoms with van der Waals surface area (Å²) in [5.74, 6) is 4.15. The predicted molar refractivity (Wildman–Crippen MR) is 156 cm³/mol. The molecule has 0 aliphatic heterocycles. The lowest BCUT2D eigenvalue weighted by Crippen LogP contribution is -1.89. The van der Waals surface area contributed by atoms with Crippen molar-refractivity contribution in [3.63, 3.8) is 0 Å². The fraction of sp³-hybridized carbons (Fsp3) is 0.226. The monoisotopic (exact) mass is 570 g/mol. The molecule has 0 unspecified atom stereocenters. The van der Waals surface area contributed by atoms with E-state index in [-0.39, 0.29) is 23.0 Å². The zero-order chi connectivity index (χ0) is 30.8. The maximum atomic E-state index is 9.22. The molecular weight excluding hydrogens is 532 g/mol. The van der Waals surface area contributed by atoms with Crippen LogP contribution in [0.2, 0.25) is 0 Å². The number of rotatable bonds is 6. The van der Waals surface area contributed by atoms with Crippen molar-refractivity contribution in [2.24, 2.45) is 0 Å². The van der Waals surface area contributed by atoms with Crippen molar-refractivity contribution in [1.82, 2.24) is 0 Å². The van der Waals surface area contributed by atoms with Gasteiger partial charge in [-0.1, -0.05) is 12.1 Å². The van der Waals surface area contributed by atoms with Gasteiger partial charge in [0.15, 0.2) is 11.5 Å². The van der Waals surface area contributed by atoms with Gasteiger partial charge in [0.1, 0.15) is 40.2 Å². The number of hydrogen-bond acceptors (Lipinski definition) is 10. The molecule has 4 aromatic carbocycles. The summed E-state index contributed by atoms with van der Waals surface area (Å²) < 4.78 is 29.4. The molecule has 0 aliphatic rings. The van der Waals surface area contributed by atoms with Crippen LogP contribution in [0.1, 0.15) is 5.56 Å². The van der Waals surface area contributed by atoms with Crippen LogP contribution in [0, 0.1) is 6.92 Å². The van der Waals surface area contributed by atoms with Gasteiger partial charge in [-0.2, -0.15) is 0 Å². The molecule has 4 N–H and O–H groups in total. The maximum Gasteiger partial charge on any atom is 0.203 e. The molecule has 0 amide bonds. The van der Waals surface area contributed by atoms with Gasteiger partial charge in [0.2, 0.25) is 5.75 Å². The van der Waals surface area contributed by atoms with Crippen LogP contribution >= 0.6 is 0 Å². The highest BCUT2D eigenvalue weighted by Gasteiger charge is 2.06. The minimum atomic E-state index is 0.0897. The van der Waals surface area contributed by atoms with Gasteiger partial charge in [-0.15, -0.1) is 0 Å². The van der Waals surface area contributed by atoms with E-state index in [1.807, 2.05) is 13.0 Å². The molecule has 0 aromatic heterocycles. The van der Waals surface area contributed by atoms with Gasteiger partial charge in [0.05, 0.1) is 42.7 Å². The zero-order valence-electron chi connectivity index (χ0n) is 24.2. The molecular formula is C31H38O10. The highest BCUT2D eigenvalue weighted by molar-refractivity contribution is 5.50. The average Bonchev–Trinajstić information content (AvgIpc) is 2.97. The number of phenols is 4. The first-order chi connectivity index (χ1) is 19.6. The first kappa shape index (κ1) is 33.9. The van der Waals surface area contributed by atoms with E-state index in [1.54, 1.807) is 74.9 Å². The Labute approximate surface area is 240 Å². The highest BCUT2D eigenvalue weighted by Crippen LogP contribution is 2.35. The van der Waals surface area contributed by atoms with Crippen LogP contribution in [-0.4, -0.2) is 63.1 Å². The van der Waals surface area contributed by atoms with Crippen LogP contribution in [0.4, 0.5) is 0 Å². The Morgan fingerprint density at radius 2 is 0.927 bits per heavy atom. The normalized spacial score (nSPS) is 9.24. The molecule has 0 bridgehead atoms. The largest absolute Gasteiger partial charge is 0.508 e. The highest BCUT2D eigenvalue weighted by atomic mass is 16.5. The molecule has 41 heavy (non-hydrogen) atoms. The quantitative estimate of drug-likeness (QED) is 0.221. The number of benzene rings is 4. The molecule has 4 rings (SSSR count). The average molecular weight is 571 g/mol. The third-order valence-corrected chi connectivity index (χ3v) is 5.04. The lowest BCUT2D eigenvalue weighted by Gasteiger charge is -2.07. The summed E-state index contributed by atoms with van der Waals surface area (Å²) in [5, 5.41) is 36.2. The molecule has 0 fully saturated rings. The lowest BCUT2D eigenvalue weighted by molar-refractivity contribution is 0.333. The molecule has 10 nitrogen and oxygen atoms in total. The molecule has 0 saturated heterocycles. The van der Waals surface area contributed by atoms with E-state index in [4.69, 9.17) is 43.7 Å². The minimum Gasteiger partial charge on any atom is -0.508 e. The number of aryl methyl sites for hydroxylation is 1. The first-order valence-electron chi connectivity index (χ1n) is 12.1. The van der Waals surface area contributed by atoms with Crippen LogP contribution in [0.3, 0.4) is 0 Å². The molecule has 0 heterocycles. The summed E-state index contributed by atoms with van der Waals surface area (Å²) in [6.45, 7) is 1.90. The van der Waals surface area contributed by atoms with Crippen LogP contribution in [0.15, 0.2) is 78.9 Å². The molecule has 0 atom stereocenters. The third kappa shape index (κ3) is 12.5. The Morgan fingerprint density at radius 3 is 1.34 bits per heavy atom. The molecule has 0 aliphatic carbocycles. The van der Waals surface area contributed by atoms with Crippen molar-refractivity contribution >= 4 is 0 Å². The molecule has 0 saturated carbocycles. The second-order valence-electron chi connectivity index (χ2n) is 7.99. The van der Waals surface area contributed by atoms with Crippen LogP contribution in [0.25, 0.3) is 0 Å². The van der Waals surface area contributed by atoms with Gasteiger partial charge >= 0.3 is 0 Å². The Hall–Kier alpha value is -5.12. The van der Waals surface area contributed by atoms with E-state index in [0.717, 1.165) is 5.56 Å². The molecule has 0 radical (unpaired) electrons. The van der Waals surface area contributed by atoms with E-state index in [9.17, 15) is 5.11 Å². The van der Waals surface area contributed by atoms with Crippen molar-refractivity contribution in [2.45, 2.75) is 6.92 Å². The molecule has 222 valence electrons. The summed E-state index contributed by atoms with van der Waals surface area (Å²) in [5.41, 5.74) is 0.997. The Bertz CT molecular complexity index is 1280. The number of hydrogen-bond donors (Lipinski definition) is 4. The van der Waals surface area contributed by atoms with E-state index in [1.165, 1.54) is 40.6 Å². The molecule has 4 aromatic rings. The van der Waals surface area contributed by atoms with E-state index in [2.05, 4.69) is 0 Å². The van der Waals surface area contributed by atoms with E-state index < -0.39 is 0 Å². The van der Waals surface area contributed by atoms with Gasteiger partial charge in [0, 0.05) is 30.3 Å². The summed E-state index contributed by atoms with van der Waals surface area (Å²) in [7, 11) is 9.22. The smallest absolute Gasteiger partial charge is 0.203 e. The van der Waals surface area contributed by atoms with Gasteiger partial charge in [-0.05, 0) is 48.9 Å². The van der Waals surface area contributed by atoms with Crippen LogP contribution in [-0.2, 0) is 0 Å².